The first-order valence-electron chi connectivity index (χ1n) is 35.3. The SMILES string of the molecule is CC/C=C\C/C=C\C/C=C\C/C=C\C/C=C\C/C=C\CCCCCCCCCCCCCCCCC(=O)OCC(COP(=O)(O)OCCN)OC(=O)CCCCCCCCCCCCCCCC/C=C\C/C=C\C/C=C\C/C=C\C/C=C\C/C=C\CC. The smallest absolute Gasteiger partial charge is 0.462 e. The van der Waals surface area contributed by atoms with Crippen LogP contribution in [0.25, 0.3) is 0 Å². The van der Waals surface area contributed by atoms with Crippen LogP contribution in [0.2, 0.25) is 0 Å². The molecule has 0 aliphatic heterocycles. The molecule has 0 saturated carbocycles. The van der Waals surface area contributed by atoms with Crippen LogP contribution in [0.15, 0.2) is 146 Å². The molecule has 0 radical (unpaired) electrons. The predicted octanol–water partition coefficient (Wildman–Crippen LogP) is 23.4. The standard InChI is InChI=1S/C77H130NO8P/c1-3-5-7-9-11-13-15-17-19-21-23-25-27-29-31-33-35-37-39-41-43-45-47-49-51-53-55-57-59-61-63-65-67-69-76(79)83-73-75(74-85-87(81,82)84-72-71-78)86-77(80)70-68-66-64-62-60-58-56-54-52-50-48-46-44-42-40-38-36-34-32-30-28-26-24-22-20-18-16-14-12-10-8-6-4-2/h5-8,11-14,17-20,23-26,29-32,35-38,75H,3-4,9-10,15-16,21-22,27-28,33-34,39-74,78H2,1-2H3,(H,81,82)/b7-5-,8-6-,13-11-,14-12-,19-17-,20-18-,25-23-,26-24-,31-29-,32-30-,37-35-,38-36-. The first-order chi connectivity index (χ1) is 42.8. The van der Waals surface area contributed by atoms with Crippen molar-refractivity contribution in [3.05, 3.63) is 146 Å². The van der Waals surface area contributed by atoms with E-state index in [1.807, 2.05) is 0 Å². The molecule has 496 valence electrons. The Labute approximate surface area is 535 Å². The molecule has 0 aromatic rings. The summed E-state index contributed by atoms with van der Waals surface area (Å²) >= 11 is 0. The molecule has 0 rings (SSSR count). The summed E-state index contributed by atoms with van der Waals surface area (Å²) < 4.78 is 33.2. The minimum atomic E-state index is -4.40. The fourth-order valence-electron chi connectivity index (χ4n) is 9.59. The van der Waals surface area contributed by atoms with Crippen LogP contribution in [0.3, 0.4) is 0 Å². The van der Waals surface area contributed by atoms with Gasteiger partial charge in [0.1, 0.15) is 6.61 Å². The quantitative estimate of drug-likeness (QED) is 0.0264. The van der Waals surface area contributed by atoms with E-state index in [2.05, 4.69) is 160 Å². The molecule has 0 heterocycles. The largest absolute Gasteiger partial charge is 0.472 e. The Kier molecular flexibility index (Phi) is 67.6. The van der Waals surface area contributed by atoms with E-state index < -0.39 is 26.5 Å². The Morgan fingerprint density at radius 2 is 0.598 bits per heavy atom. The number of esters is 2. The van der Waals surface area contributed by atoms with Gasteiger partial charge in [-0.15, -0.1) is 0 Å². The Balaban J connectivity index is 3.91. The first-order valence-corrected chi connectivity index (χ1v) is 36.8. The van der Waals surface area contributed by atoms with Crippen LogP contribution in [-0.2, 0) is 32.7 Å². The first kappa shape index (κ1) is 82.9. The van der Waals surface area contributed by atoms with Gasteiger partial charge in [-0.2, -0.15) is 0 Å². The van der Waals surface area contributed by atoms with E-state index in [1.54, 1.807) is 0 Å². The molecule has 10 heteroatoms. The number of rotatable bonds is 65. The zero-order valence-corrected chi connectivity index (χ0v) is 56.6. The average molecular weight is 1230 g/mol. The molecule has 87 heavy (non-hydrogen) atoms. The van der Waals surface area contributed by atoms with Crippen LogP contribution in [0.5, 0.6) is 0 Å². The number of unbranched alkanes of at least 4 members (excludes halogenated alkanes) is 28. The van der Waals surface area contributed by atoms with Gasteiger partial charge in [0, 0.05) is 19.4 Å². The summed E-state index contributed by atoms with van der Waals surface area (Å²) in [4.78, 5) is 35.4. The van der Waals surface area contributed by atoms with Crippen molar-refractivity contribution in [3.8, 4) is 0 Å². The number of allylic oxidation sites excluding steroid dienone is 24. The van der Waals surface area contributed by atoms with Crippen molar-refractivity contribution in [3.63, 3.8) is 0 Å². The second kappa shape index (κ2) is 71.0. The number of hydrogen-bond acceptors (Lipinski definition) is 8. The third-order valence-corrected chi connectivity index (χ3v) is 15.7. The van der Waals surface area contributed by atoms with E-state index in [0.29, 0.717) is 6.42 Å². The van der Waals surface area contributed by atoms with Crippen LogP contribution in [-0.4, -0.2) is 49.3 Å². The zero-order chi connectivity index (χ0) is 63.0. The number of phosphoric ester groups is 1. The minimum absolute atomic E-state index is 0.0481. The van der Waals surface area contributed by atoms with Gasteiger partial charge in [0.25, 0.3) is 0 Å². The van der Waals surface area contributed by atoms with Gasteiger partial charge >= 0.3 is 19.8 Å². The van der Waals surface area contributed by atoms with Gasteiger partial charge in [0.2, 0.25) is 0 Å². The maximum atomic E-state index is 12.8. The van der Waals surface area contributed by atoms with Gasteiger partial charge in [0.15, 0.2) is 6.10 Å². The molecule has 2 atom stereocenters. The summed E-state index contributed by atoms with van der Waals surface area (Å²) in [6, 6.07) is 0. The lowest BCUT2D eigenvalue weighted by Crippen LogP contribution is -2.29. The molecule has 2 unspecified atom stereocenters. The van der Waals surface area contributed by atoms with Crippen molar-refractivity contribution in [1.29, 1.82) is 0 Å². The molecule has 0 aliphatic rings. The van der Waals surface area contributed by atoms with Crippen molar-refractivity contribution in [2.45, 2.75) is 302 Å². The highest BCUT2D eigenvalue weighted by atomic mass is 31.2. The number of nitrogens with two attached hydrogens (primary N) is 1. The van der Waals surface area contributed by atoms with Gasteiger partial charge < -0.3 is 20.1 Å². The Hall–Kier alpha value is -4.11. The second-order valence-electron chi connectivity index (χ2n) is 23.0. The Morgan fingerprint density at radius 3 is 0.885 bits per heavy atom. The molecule has 9 nitrogen and oxygen atoms in total. The van der Waals surface area contributed by atoms with Gasteiger partial charge in [-0.3, -0.25) is 18.6 Å². The molecule has 0 spiro atoms. The molecule has 3 N–H and O–H groups in total. The van der Waals surface area contributed by atoms with Crippen molar-refractivity contribution in [1.82, 2.24) is 0 Å². The molecule has 0 bridgehead atoms. The second-order valence-corrected chi connectivity index (χ2v) is 24.4. The fourth-order valence-corrected chi connectivity index (χ4v) is 10.4. The number of ether oxygens (including phenoxy) is 2. The Bertz CT molecular complexity index is 1940. The van der Waals surface area contributed by atoms with Crippen LogP contribution in [0.1, 0.15) is 296 Å². The predicted molar refractivity (Wildman–Crippen MR) is 376 cm³/mol. The molecule has 0 aromatic heterocycles. The van der Waals surface area contributed by atoms with Crippen LogP contribution in [0, 0.1) is 0 Å². The zero-order valence-electron chi connectivity index (χ0n) is 55.7. The third kappa shape index (κ3) is 70.8. The molecule has 0 saturated heterocycles. The van der Waals surface area contributed by atoms with E-state index in [-0.39, 0.29) is 38.6 Å². The molecule has 0 amide bonds. The molecular weight excluding hydrogens is 1100 g/mol. The van der Waals surface area contributed by atoms with Crippen molar-refractivity contribution in [2.75, 3.05) is 26.4 Å². The lowest BCUT2D eigenvalue weighted by Gasteiger charge is -2.19. The molecule has 0 fully saturated rings. The highest BCUT2D eigenvalue weighted by Crippen LogP contribution is 2.43. The highest BCUT2D eigenvalue weighted by molar-refractivity contribution is 7.47. The van der Waals surface area contributed by atoms with Crippen LogP contribution >= 0.6 is 7.82 Å². The van der Waals surface area contributed by atoms with E-state index >= 15 is 0 Å². The molecule has 0 aliphatic carbocycles. The van der Waals surface area contributed by atoms with E-state index in [9.17, 15) is 19.0 Å². The van der Waals surface area contributed by atoms with Gasteiger partial charge in [0.05, 0.1) is 13.2 Å². The topological polar surface area (TPSA) is 134 Å². The number of hydrogen-bond donors (Lipinski definition) is 2. The summed E-state index contributed by atoms with van der Waals surface area (Å²) in [5, 5.41) is 0. The Morgan fingerprint density at radius 1 is 0.345 bits per heavy atom. The lowest BCUT2D eigenvalue weighted by molar-refractivity contribution is -0.161. The van der Waals surface area contributed by atoms with Crippen molar-refractivity contribution in [2.24, 2.45) is 5.73 Å². The number of carbonyl (C=O) groups excluding carboxylic acids is 2. The van der Waals surface area contributed by atoms with Gasteiger partial charge in [-0.05, 0) is 116 Å². The summed E-state index contributed by atoms with van der Waals surface area (Å²) in [6.45, 7) is 3.53. The number of phosphoric acid groups is 1. The number of carbonyl (C=O) groups is 2. The normalized spacial score (nSPS) is 13.8. The summed E-state index contributed by atoms with van der Waals surface area (Å²) in [6.07, 6.45) is 102. The van der Waals surface area contributed by atoms with Gasteiger partial charge in [-0.1, -0.05) is 314 Å². The van der Waals surface area contributed by atoms with Crippen molar-refractivity contribution < 1.29 is 37.6 Å². The maximum absolute atomic E-state index is 12.8. The minimum Gasteiger partial charge on any atom is -0.462 e. The third-order valence-electron chi connectivity index (χ3n) is 14.7. The average Bonchev–Trinajstić information content (AvgIpc) is 3.55. The lowest BCUT2D eigenvalue weighted by atomic mass is 10.0. The van der Waals surface area contributed by atoms with Crippen LogP contribution < -0.4 is 5.73 Å². The van der Waals surface area contributed by atoms with Crippen molar-refractivity contribution >= 4 is 19.8 Å². The monoisotopic (exact) mass is 1230 g/mol. The van der Waals surface area contributed by atoms with Gasteiger partial charge in [-0.25, -0.2) is 4.57 Å². The molecular formula is C77H130NO8P. The fraction of sp³-hybridized carbons (Fsp3) is 0.662. The summed E-state index contributed by atoms with van der Waals surface area (Å²) in [7, 11) is -4.40. The summed E-state index contributed by atoms with van der Waals surface area (Å²) in [5.41, 5.74) is 5.40. The summed E-state index contributed by atoms with van der Waals surface area (Å²) in [5.74, 6) is -0.828. The van der Waals surface area contributed by atoms with E-state index in [4.69, 9.17) is 24.3 Å². The van der Waals surface area contributed by atoms with Crippen LogP contribution in [0.4, 0.5) is 0 Å². The van der Waals surface area contributed by atoms with E-state index in [1.165, 1.54) is 148 Å². The van der Waals surface area contributed by atoms with E-state index in [0.717, 1.165) is 116 Å². The maximum Gasteiger partial charge on any atom is 0.472 e. The highest BCUT2D eigenvalue weighted by Gasteiger charge is 2.26. The molecule has 0 aromatic carbocycles.